The summed E-state index contributed by atoms with van der Waals surface area (Å²) >= 11 is 0. The number of carbonyl (C=O) groups excluding carboxylic acids is 3. The van der Waals surface area contributed by atoms with Gasteiger partial charge in [0.1, 0.15) is 6.29 Å². The maximum Gasteiger partial charge on any atom is 0.239 e. The largest absolute Gasteiger partial charge is 0.346 e. The summed E-state index contributed by atoms with van der Waals surface area (Å²) in [6, 6.07) is 9.36. The summed E-state index contributed by atoms with van der Waals surface area (Å²) in [5, 5.41) is 4.85. The summed E-state index contributed by atoms with van der Waals surface area (Å²) in [5.74, 6) is -0.849. The number of hydrogen-bond acceptors (Lipinski definition) is 4. The molecule has 0 saturated heterocycles. The van der Waals surface area contributed by atoms with Gasteiger partial charge in [-0.15, -0.1) is 0 Å². The Kier molecular flexibility index (Phi) is 6.25. The van der Waals surface area contributed by atoms with Gasteiger partial charge in [-0.1, -0.05) is 24.3 Å². The molecule has 19 heavy (non-hydrogen) atoms. The second-order valence-corrected chi connectivity index (χ2v) is 3.90. The van der Waals surface area contributed by atoms with Gasteiger partial charge in [0.05, 0.1) is 19.1 Å². The van der Waals surface area contributed by atoms with Gasteiger partial charge < -0.3 is 21.2 Å². The van der Waals surface area contributed by atoms with Gasteiger partial charge in [0.2, 0.25) is 11.8 Å². The highest BCUT2D eigenvalue weighted by Gasteiger charge is 2.12. The predicted octanol–water partition coefficient (Wildman–Crippen LogP) is -1.21. The average Bonchev–Trinajstić information content (AvgIpc) is 2.45. The molecule has 1 atom stereocenters. The molecule has 1 aromatic carbocycles. The van der Waals surface area contributed by atoms with Crippen molar-refractivity contribution < 1.29 is 14.4 Å². The first-order valence-electron chi connectivity index (χ1n) is 5.82. The Morgan fingerprint density at radius 3 is 2.58 bits per heavy atom. The van der Waals surface area contributed by atoms with E-state index >= 15 is 0 Å². The van der Waals surface area contributed by atoms with Crippen LogP contribution in [0.15, 0.2) is 24.3 Å². The molecular weight excluding hydrogens is 246 g/mol. The second kappa shape index (κ2) is 7.99. The molecule has 1 rings (SSSR count). The lowest BCUT2D eigenvalue weighted by Gasteiger charge is -2.13. The lowest BCUT2D eigenvalue weighted by molar-refractivity contribution is -0.126. The third kappa shape index (κ3) is 5.78. The first-order valence-corrected chi connectivity index (χ1v) is 5.82. The molecule has 2 amide bonds. The van der Waals surface area contributed by atoms with Gasteiger partial charge >= 0.3 is 0 Å². The Morgan fingerprint density at radius 2 is 2.00 bits per heavy atom. The van der Waals surface area contributed by atoms with Crippen molar-refractivity contribution in [1.29, 1.82) is 0 Å². The molecule has 0 bridgehead atoms. The summed E-state index contributed by atoms with van der Waals surface area (Å²) in [5.41, 5.74) is 6.00. The molecule has 4 N–H and O–H groups in total. The highest BCUT2D eigenvalue weighted by Crippen LogP contribution is 2.01. The first kappa shape index (κ1) is 14.8. The van der Waals surface area contributed by atoms with Gasteiger partial charge in [0.15, 0.2) is 0 Å². The van der Waals surface area contributed by atoms with Crippen LogP contribution in [0.2, 0.25) is 0 Å². The van der Waals surface area contributed by atoms with Gasteiger partial charge in [-0.2, -0.15) is 0 Å². The smallest absolute Gasteiger partial charge is 0.239 e. The maximum atomic E-state index is 11.5. The average molecular weight is 262 g/mol. The quantitative estimate of drug-likeness (QED) is 0.536. The van der Waals surface area contributed by atoms with Crippen LogP contribution in [-0.4, -0.2) is 37.2 Å². The van der Waals surface area contributed by atoms with E-state index in [-0.39, 0.29) is 13.1 Å². The number of nitrogens with two attached hydrogens (primary N) is 1. The van der Waals surface area contributed by atoms with Gasteiger partial charge in [0, 0.05) is 0 Å². The number of amides is 2. The van der Waals surface area contributed by atoms with Crippen LogP contribution in [0.4, 0.5) is 0 Å². The molecule has 0 saturated carbocycles. The van der Waals surface area contributed by atoms with Crippen LogP contribution in [0.3, 0.4) is 0 Å². The molecule has 0 spiro atoms. The molecule has 0 aliphatic carbocycles. The fourth-order valence-corrected chi connectivity index (χ4v) is 1.45. The van der Waals surface area contributed by atoms with Gasteiger partial charge in [-0.3, -0.25) is 9.59 Å². The molecule has 0 aliphatic heterocycles. The van der Waals surface area contributed by atoms with Crippen molar-refractivity contribution in [3.63, 3.8) is 0 Å². The Balaban J connectivity index is 2.42. The summed E-state index contributed by atoms with van der Waals surface area (Å²) in [4.78, 5) is 33.3. The minimum absolute atomic E-state index is 0.176. The minimum atomic E-state index is -0.621. The van der Waals surface area contributed by atoms with Crippen LogP contribution in [0, 0.1) is 6.07 Å². The number of benzene rings is 1. The molecule has 0 heterocycles. The van der Waals surface area contributed by atoms with Gasteiger partial charge in [0.25, 0.3) is 0 Å². The zero-order valence-electron chi connectivity index (χ0n) is 10.4. The van der Waals surface area contributed by atoms with E-state index < -0.39 is 17.9 Å². The number of hydrogen-bond donors (Lipinski definition) is 3. The molecule has 0 aliphatic rings. The molecule has 101 valence electrons. The van der Waals surface area contributed by atoms with E-state index in [4.69, 9.17) is 5.73 Å². The summed E-state index contributed by atoms with van der Waals surface area (Å²) in [7, 11) is 0. The van der Waals surface area contributed by atoms with Crippen molar-refractivity contribution in [3.05, 3.63) is 35.9 Å². The molecule has 6 nitrogen and oxygen atoms in total. The summed E-state index contributed by atoms with van der Waals surface area (Å²) < 4.78 is 0. The fourth-order valence-electron chi connectivity index (χ4n) is 1.45. The van der Waals surface area contributed by atoms with Crippen molar-refractivity contribution in [2.75, 3.05) is 13.1 Å². The molecule has 0 unspecified atom stereocenters. The van der Waals surface area contributed by atoms with Crippen LogP contribution < -0.4 is 16.4 Å². The molecule has 0 fully saturated rings. The number of aldehydes is 1. The standard InChI is InChI=1S/C13H16N3O3/c14-7-12(18)15-8-13(19)16-11(9-17)6-10-4-2-1-3-5-10/h2-5,9,11H,6-8,14H2,(H,15,18)(H,16,19)/t11-/m0/s1. The highest BCUT2D eigenvalue weighted by molar-refractivity contribution is 5.86. The zero-order valence-corrected chi connectivity index (χ0v) is 10.4. The SMILES string of the molecule is NCC(=O)NCC(=O)N[C@H](C=O)Cc1cc[c]cc1. The Labute approximate surface area is 111 Å². The second-order valence-electron chi connectivity index (χ2n) is 3.90. The zero-order chi connectivity index (χ0) is 14.1. The Hall–Kier alpha value is -2.21. The highest BCUT2D eigenvalue weighted by atomic mass is 16.2. The summed E-state index contributed by atoms with van der Waals surface area (Å²) in [6.07, 6.45) is 1.06. The Bertz CT molecular complexity index is 434. The number of carbonyl (C=O) groups is 3. The van der Waals surface area contributed by atoms with Crippen molar-refractivity contribution in [1.82, 2.24) is 10.6 Å². The molecule has 0 aromatic heterocycles. The monoisotopic (exact) mass is 262 g/mol. The van der Waals surface area contributed by atoms with E-state index in [1.807, 2.05) is 12.1 Å². The molecular formula is C13H16N3O3. The van der Waals surface area contributed by atoms with Crippen LogP contribution in [0.1, 0.15) is 5.56 Å². The van der Waals surface area contributed by atoms with E-state index in [1.165, 1.54) is 0 Å². The molecule has 1 radical (unpaired) electrons. The lowest BCUT2D eigenvalue weighted by atomic mass is 10.1. The first-order chi connectivity index (χ1) is 9.15. The van der Waals surface area contributed by atoms with Gasteiger partial charge in [-0.25, -0.2) is 0 Å². The van der Waals surface area contributed by atoms with E-state index in [0.29, 0.717) is 12.7 Å². The van der Waals surface area contributed by atoms with E-state index in [9.17, 15) is 14.4 Å². The molecule has 1 aromatic rings. The Morgan fingerprint density at radius 1 is 1.32 bits per heavy atom. The van der Waals surface area contributed by atoms with Crippen molar-refractivity contribution in [3.8, 4) is 0 Å². The number of nitrogens with one attached hydrogen (secondary N) is 2. The van der Waals surface area contributed by atoms with Crippen molar-refractivity contribution in [2.24, 2.45) is 5.73 Å². The third-order valence-corrected chi connectivity index (χ3v) is 2.39. The molecule has 6 heteroatoms. The van der Waals surface area contributed by atoms with Crippen LogP contribution in [-0.2, 0) is 20.8 Å². The summed E-state index contributed by atoms with van der Waals surface area (Å²) in [6.45, 7) is -0.367. The predicted molar refractivity (Wildman–Crippen MR) is 69.0 cm³/mol. The van der Waals surface area contributed by atoms with Crippen molar-refractivity contribution in [2.45, 2.75) is 12.5 Å². The fraction of sp³-hybridized carbons (Fsp3) is 0.308. The van der Waals surface area contributed by atoms with Crippen LogP contribution in [0.25, 0.3) is 0 Å². The third-order valence-electron chi connectivity index (χ3n) is 2.39. The van der Waals surface area contributed by atoms with E-state index in [1.54, 1.807) is 12.1 Å². The van der Waals surface area contributed by atoms with E-state index in [2.05, 4.69) is 16.7 Å². The van der Waals surface area contributed by atoms with Crippen LogP contribution >= 0.6 is 0 Å². The topological polar surface area (TPSA) is 101 Å². The lowest BCUT2D eigenvalue weighted by Crippen LogP contribution is -2.44. The van der Waals surface area contributed by atoms with Gasteiger partial charge in [-0.05, 0) is 18.1 Å². The van der Waals surface area contributed by atoms with E-state index in [0.717, 1.165) is 5.56 Å². The minimum Gasteiger partial charge on any atom is -0.346 e. The normalized spacial score (nSPS) is 11.4. The van der Waals surface area contributed by atoms with Crippen molar-refractivity contribution >= 4 is 18.1 Å². The maximum absolute atomic E-state index is 11.5. The van der Waals surface area contributed by atoms with Crippen LogP contribution in [0.5, 0.6) is 0 Å². The number of rotatable bonds is 7.